The van der Waals surface area contributed by atoms with Crippen LogP contribution in [0.1, 0.15) is 6.92 Å². The van der Waals surface area contributed by atoms with Gasteiger partial charge in [0.1, 0.15) is 0 Å². The predicted molar refractivity (Wildman–Crippen MR) is 31.2 cm³/mol. The second-order valence-corrected chi connectivity index (χ2v) is 1.56. The lowest BCUT2D eigenvalue weighted by Gasteiger charge is -2.17. The number of hydroxylamine groups is 2. The van der Waals surface area contributed by atoms with Crippen molar-refractivity contribution < 1.29 is 5.21 Å². The van der Waals surface area contributed by atoms with Crippen molar-refractivity contribution in [2.75, 3.05) is 13.1 Å². The average Bonchev–Trinajstić information content (AvgIpc) is 1.84. The van der Waals surface area contributed by atoms with E-state index in [1.807, 2.05) is 0 Å². The van der Waals surface area contributed by atoms with Gasteiger partial charge in [-0.25, -0.2) is 0 Å². The lowest BCUT2D eigenvalue weighted by atomic mass is 10.5. The van der Waals surface area contributed by atoms with Gasteiger partial charge in [-0.2, -0.15) is 5.06 Å². The van der Waals surface area contributed by atoms with Crippen LogP contribution in [-0.2, 0) is 0 Å². The third kappa shape index (κ3) is 2.23. The number of rotatable bonds is 3. The Morgan fingerprint density at radius 3 is 2.38 bits per heavy atom. The van der Waals surface area contributed by atoms with E-state index in [9.17, 15) is 0 Å². The van der Waals surface area contributed by atoms with E-state index in [-0.39, 0.29) is 6.54 Å². The van der Waals surface area contributed by atoms with Gasteiger partial charge < -0.3 is 16.7 Å². The highest BCUT2D eigenvalue weighted by Gasteiger charge is 2.04. The Morgan fingerprint density at radius 1 is 1.75 bits per heavy atom. The Balaban J connectivity index is 3.29. The van der Waals surface area contributed by atoms with Gasteiger partial charge in [0, 0.05) is 13.1 Å². The van der Waals surface area contributed by atoms with Crippen LogP contribution in [0, 0.1) is 0 Å². The molecule has 0 aliphatic carbocycles. The summed E-state index contributed by atoms with van der Waals surface area (Å²) < 4.78 is 0. The van der Waals surface area contributed by atoms with Crippen LogP contribution < -0.4 is 11.5 Å². The summed E-state index contributed by atoms with van der Waals surface area (Å²) in [4.78, 5) is 0. The van der Waals surface area contributed by atoms with Crippen molar-refractivity contribution >= 4 is 0 Å². The Bertz CT molecular complexity index is 51.2. The molecule has 1 atom stereocenters. The van der Waals surface area contributed by atoms with Crippen molar-refractivity contribution in [3.05, 3.63) is 0 Å². The van der Waals surface area contributed by atoms with Crippen LogP contribution in [0.4, 0.5) is 0 Å². The molecular weight excluding hydrogens is 106 g/mol. The fourth-order valence-electron chi connectivity index (χ4n) is 0.356. The van der Waals surface area contributed by atoms with Crippen LogP contribution in [0.5, 0.6) is 0 Å². The Kier molecular flexibility index (Phi) is 3.72. The maximum absolute atomic E-state index is 8.75. The molecule has 0 heterocycles. The molecule has 0 saturated heterocycles. The van der Waals surface area contributed by atoms with E-state index in [0.717, 1.165) is 5.06 Å². The topological polar surface area (TPSA) is 75.5 Å². The van der Waals surface area contributed by atoms with E-state index in [1.54, 1.807) is 6.92 Å². The van der Waals surface area contributed by atoms with E-state index in [4.69, 9.17) is 16.7 Å². The first-order valence-electron chi connectivity index (χ1n) is 2.63. The van der Waals surface area contributed by atoms with Crippen molar-refractivity contribution in [3.63, 3.8) is 0 Å². The fourth-order valence-corrected chi connectivity index (χ4v) is 0.356. The smallest absolute Gasteiger partial charge is 0.0939 e. The zero-order chi connectivity index (χ0) is 6.57. The van der Waals surface area contributed by atoms with Crippen LogP contribution in [-0.4, -0.2) is 29.5 Å². The summed E-state index contributed by atoms with van der Waals surface area (Å²) in [7, 11) is 0. The molecule has 0 radical (unpaired) electrons. The van der Waals surface area contributed by atoms with Gasteiger partial charge in [-0.05, 0) is 0 Å². The van der Waals surface area contributed by atoms with Gasteiger partial charge >= 0.3 is 0 Å². The van der Waals surface area contributed by atoms with E-state index in [2.05, 4.69) is 0 Å². The molecule has 0 amide bonds. The molecule has 0 aromatic heterocycles. The molecule has 0 spiro atoms. The molecule has 0 aliphatic rings. The number of hydrogen-bond donors (Lipinski definition) is 3. The number of nitrogens with zero attached hydrogens (tertiary/aromatic N) is 1. The second kappa shape index (κ2) is 3.80. The molecule has 4 heteroatoms. The Labute approximate surface area is 49.0 Å². The summed E-state index contributed by atoms with van der Waals surface area (Å²) in [6.45, 7) is 2.60. The summed E-state index contributed by atoms with van der Waals surface area (Å²) in [5, 5.41) is 9.75. The van der Waals surface area contributed by atoms with Gasteiger partial charge in [0.2, 0.25) is 0 Å². The largest absolute Gasteiger partial charge is 0.328 e. The molecule has 0 fully saturated rings. The summed E-state index contributed by atoms with van der Waals surface area (Å²) in [5.41, 5.74) is 10.4. The van der Waals surface area contributed by atoms with Gasteiger partial charge in [0.15, 0.2) is 0 Å². The van der Waals surface area contributed by atoms with Crippen LogP contribution in [0.3, 0.4) is 0 Å². The number of likely N-dealkylation sites (N-methyl/N-ethyl adjacent to an activating group) is 1. The van der Waals surface area contributed by atoms with Crippen molar-refractivity contribution in [2.24, 2.45) is 11.5 Å². The van der Waals surface area contributed by atoms with Gasteiger partial charge in [0.25, 0.3) is 0 Å². The highest BCUT2D eigenvalue weighted by atomic mass is 16.5. The van der Waals surface area contributed by atoms with Gasteiger partial charge in [-0.3, -0.25) is 0 Å². The quantitative estimate of drug-likeness (QED) is 0.327. The first-order valence-corrected chi connectivity index (χ1v) is 2.63. The van der Waals surface area contributed by atoms with Crippen molar-refractivity contribution in [2.45, 2.75) is 13.1 Å². The summed E-state index contributed by atoms with van der Waals surface area (Å²) in [5.74, 6) is 0. The van der Waals surface area contributed by atoms with Crippen molar-refractivity contribution in [1.29, 1.82) is 0 Å². The minimum atomic E-state index is -0.417. The van der Waals surface area contributed by atoms with E-state index in [0.29, 0.717) is 6.54 Å². The predicted octanol–water partition coefficient (Wildman–Crippen LogP) is -1.06. The molecule has 0 saturated carbocycles. The maximum Gasteiger partial charge on any atom is 0.0939 e. The SMILES string of the molecule is CCN(O)C(N)CN. The Hall–Kier alpha value is -0.160. The first-order chi connectivity index (χ1) is 3.72. The standard InChI is InChI=1S/C4H13N3O/c1-2-7(8)4(6)3-5/h4,8H,2-3,5-6H2,1H3. The number of nitrogens with two attached hydrogens (primary N) is 2. The van der Waals surface area contributed by atoms with Crippen LogP contribution in [0.15, 0.2) is 0 Å². The zero-order valence-corrected chi connectivity index (χ0v) is 5.04. The lowest BCUT2D eigenvalue weighted by molar-refractivity contribution is -0.118. The molecule has 8 heavy (non-hydrogen) atoms. The fraction of sp³-hybridized carbons (Fsp3) is 1.00. The average molecular weight is 119 g/mol. The maximum atomic E-state index is 8.75. The molecule has 0 rings (SSSR count). The molecule has 0 bridgehead atoms. The molecule has 0 aromatic carbocycles. The van der Waals surface area contributed by atoms with E-state index < -0.39 is 6.17 Å². The number of hydrogen-bond acceptors (Lipinski definition) is 4. The molecule has 4 nitrogen and oxygen atoms in total. The molecule has 5 N–H and O–H groups in total. The summed E-state index contributed by atoms with van der Waals surface area (Å²) in [6, 6.07) is 0. The van der Waals surface area contributed by atoms with Gasteiger partial charge in [-0.15, -0.1) is 0 Å². The highest BCUT2D eigenvalue weighted by Crippen LogP contribution is 1.81. The summed E-state index contributed by atoms with van der Waals surface area (Å²) in [6.07, 6.45) is -0.417. The molecule has 50 valence electrons. The lowest BCUT2D eigenvalue weighted by Crippen LogP contribution is -2.44. The highest BCUT2D eigenvalue weighted by molar-refractivity contribution is 4.53. The minimum absolute atomic E-state index is 0.282. The third-order valence-corrected chi connectivity index (χ3v) is 0.948. The molecular formula is C4H13N3O. The Morgan fingerprint density at radius 2 is 2.25 bits per heavy atom. The van der Waals surface area contributed by atoms with Crippen molar-refractivity contribution in [1.82, 2.24) is 5.06 Å². The van der Waals surface area contributed by atoms with E-state index in [1.165, 1.54) is 0 Å². The first kappa shape index (κ1) is 7.84. The van der Waals surface area contributed by atoms with Crippen LogP contribution >= 0.6 is 0 Å². The minimum Gasteiger partial charge on any atom is -0.328 e. The normalized spacial score (nSPS) is 14.6. The van der Waals surface area contributed by atoms with E-state index >= 15 is 0 Å². The second-order valence-electron chi connectivity index (χ2n) is 1.56. The van der Waals surface area contributed by atoms with Crippen LogP contribution in [0.2, 0.25) is 0 Å². The van der Waals surface area contributed by atoms with Crippen LogP contribution in [0.25, 0.3) is 0 Å². The molecule has 1 unspecified atom stereocenters. The van der Waals surface area contributed by atoms with Gasteiger partial charge in [0.05, 0.1) is 6.17 Å². The van der Waals surface area contributed by atoms with Crippen molar-refractivity contribution in [3.8, 4) is 0 Å². The third-order valence-electron chi connectivity index (χ3n) is 0.948. The monoisotopic (exact) mass is 119 g/mol. The zero-order valence-electron chi connectivity index (χ0n) is 5.04. The molecule has 0 aliphatic heterocycles. The molecule has 0 aromatic rings. The summed E-state index contributed by atoms with van der Waals surface area (Å²) >= 11 is 0. The van der Waals surface area contributed by atoms with Gasteiger partial charge in [-0.1, -0.05) is 6.92 Å².